The van der Waals surface area contributed by atoms with Gasteiger partial charge < -0.3 is 51.2 Å². The van der Waals surface area contributed by atoms with Crippen molar-refractivity contribution in [2.45, 2.75) is 120 Å². The molecule has 7 rings (SSSR count). The molecule has 0 spiro atoms. The first-order valence-corrected chi connectivity index (χ1v) is 25.1. The Morgan fingerprint density at radius 1 is 0.861 bits per heavy atom. The number of nitrogens with one attached hydrogen (secondary N) is 6. The zero-order valence-electron chi connectivity index (χ0n) is 41.2. The lowest BCUT2D eigenvalue weighted by atomic mass is 9.83. The molecule has 0 unspecified atom stereocenters. The van der Waals surface area contributed by atoms with Gasteiger partial charge in [0.05, 0.1) is 68.1 Å². The second kappa shape index (κ2) is 25.1. The number of carbonyl (C=O) groups excluding carboxylic acids is 6. The van der Waals surface area contributed by atoms with Crippen LogP contribution in [0.3, 0.4) is 0 Å². The van der Waals surface area contributed by atoms with Crippen LogP contribution in [0.4, 0.5) is 19.0 Å². The van der Waals surface area contributed by atoms with Gasteiger partial charge in [-0.25, -0.2) is 9.97 Å². The minimum atomic E-state index is -4.56. The molecular formula is C50H68F3N11O8. The summed E-state index contributed by atoms with van der Waals surface area (Å²) in [7, 11) is 1.68. The Morgan fingerprint density at radius 3 is 2.36 bits per heavy atom. The van der Waals surface area contributed by atoms with Crippen LogP contribution in [0.5, 0.6) is 0 Å². The third kappa shape index (κ3) is 14.4. The van der Waals surface area contributed by atoms with Gasteiger partial charge in [-0.2, -0.15) is 13.2 Å². The molecule has 392 valence electrons. The smallest absolute Gasteiger partial charge is 0.379 e. The number of alkyl halides is 3. The van der Waals surface area contributed by atoms with Crippen molar-refractivity contribution in [3.63, 3.8) is 0 Å². The summed E-state index contributed by atoms with van der Waals surface area (Å²) in [5.74, 6) is -1.55. The normalized spacial score (nSPS) is 24.7. The summed E-state index contributed by atoms with van der Waals surface area (Å²) in [6.07, 6.45) is 4.94. The Hall–Kier alpha value is -6.00. The minimum Gasteiger partial charge on any atom is -0.379 e. The number of hydrogen-bond acceptors (Lipinski definition) is 13. The molecule has 4 aliphatic rings. The second-order valence-electron chi connectivity index (χ2n) is 19.7. The van der Waals surface area contributed by atoms with E-state index < -0.39 is 23.7 Å². The highest BCUT2D eigenvalue weighted by molar-refractivity contribution is 5.94. The van der Waals surface area contributed by atoms with E-state index in [0.717, 1.165) is 30.7 Å². The number of amides is 6. The van der Waals surface area contributed by atoms with E-state index in [4.69, 9.17) is 9.47 Å². The number of hydrogen-bond donors (Lipinski definition) is 6. The lowest BCUT2D eigenvalue weighted by Gasteiger charge is -2.42. The standard InChI is InChI=1S/C50H68F3N11O8/c1-30(2)26-56-35-11-13-41(64-18-14-39(49(64)70)61-46-36-23-33(50(51,52)53)8-12-38(36)58-29-59-46)40(24-35)62-47(68)31-6-9-34(10-7-31)60-43(66)28-57-42(65)15-19-71-21-22-72-20-17-55-48(69)37-25-44(67)63(3)45(37)32-5-4-16-54-27-32/h4-5,8,12,16,23,27,29-31,34-35,37,39-41,45,56H,6-7,9-11,13-15,17-22,24-26,28H2,1-3H3,(H,55,69)(H,57,65)(H,60,66)(H,62,68)(H,58,59,61)/t31?,34?,35-,37+,39+,40-,41+,45-/m1/s1. The van der Waals surface area contributed by atoms with E-state index in [1.54, 1.807) is 35.3 Å². The van der Waals surface area contributed by atoms with E-state index >= 15 is 0 Å². The molecular weight excluding hydrogens is 940 g/mol. The fraction of sp³-hybridized carbons (Fsp3) is 0.620. The zero-order valence-corrected chi connectivity index (χ0v) is 41.2. The van der Waals surface area contributed by atoms with E-state index in [-0.39, 0.29) is 135 Å². The van der Waals surface area contributed by atoms with Crippen LogP contribution in [-0.4, -0.2) is 150 Å². The highest BCUT2D eigenvalue weighted by Crippen LogP contribution is 2.37. The number of rotatable bonds is 22. The SMILES string of the molecule is CC(C)CN[C@@H]1CC[C@H](N2CC[C@H](Nc3ncnc4ccc(C(F)(F)F)cc34)C2=O)[C@H](NC(=O)C2CCC(NC(=O)CNC(=O)CCOCCOCCNC(=O)[C@H]3CC(=O)N(C)[C@@H]3c3cccnc3)CC2)C1. The summed E-state index contributed by atoms with van der Waals surface area (Å²) in [5.41, 5.74) is 0.284. The van der Waals surface area contributed by atoms with E-state index in [1.807, 2.05) is 6.07 Å². The molecule has 2 saturated carbocycles. The molecule has 2 saturated heterocycles. The van der Waals surface area contributed by atoms with Crippen molar-refractivity contribution in [3.05, 3.63) is 60.2 Å². The number of carbonyl (C=O) groups is 6. The highest BCUT2D eigenvalue weighted by atomic mass is 19.4. The summed E-state index contributed by atoms with van der Waals surface area (Å²) < 4.78 is 51.8. The topological polar surface area (TPSA) is 238 Å². The number of pyridine rings is 1. The fourth-order valence-electron chi connectivity index (χ4n) is 10.3. The Balaban J connectivity index is 0.782. The molecule has 6 atom stereocenters. The predicted octanol–water partition coefficient (Wildman–Crippen LogP) is 3.26. The van der Waals surface area contributed by atoms with Gasteiger partial charge in [0.1, 0.15) is 18.2 Å². The van der Waals surface area contributed by atoms with Crippen molar-refractivity contribution >= 4 is 52.2 Å². The third-order valence-corrected chi connectivity index (χ3v) is 14.1. The Kier molecular flexibility index (Phi) is 18.7. The van der Waals surface area contributed by atoms with Gasteiger partial charge in [0.25, 0.3) is 0 Å². The van der Waals surface area contributed by atoms with Gasteiger partial charge in [-0.05, 0) is 93.7 Å². The lowest BCUT2D eigenvalue weighted by molar-refractivity contribution is -0.137. The summed E-state index contributed by atoms with van der Waals surface area (Å²) in [6.45, 7) is 6.38. The first kappa shape index (κ1) is 53.8. The average Bonchev–Trinajstić information content (AvgIpc) is 3.88. The van der Waals surface area contributed by atoms with Crippen LogP contribution in [0, 0.1) is 17.8 Å². The molecule has 22 heteroatoms. The first-order chi connectivity index (χ1) is 34.5. The van der Waals surface area contributed by atoms with Gasteiger partial charge >= 0.3 is 6.18 Å². The van der Waals surface area contributed by atoms with Crippen LogP contribution in [0.2, 0.25) is 0 Å². The molecule has 6 N–H and O–H groups in total. The van der Waals surface area contributed by atoms with Crippen molar-refractivity contribution in [2.24, 2.45) is 17.8 Å². The molecule has 72 heavy (non-hydrogen) atoms. The number of ether oxygens (including phenoxy) is 2. The van der Waals surface area contributed by atoms with Crippen LogP contribution >= 0.6 is 0 Å². The van der Waals surface area contributed by atoms with Gasteiger partial charge in [0.2, 0.25) is 35.4 Å². The molecule has 3 aromatic rings. The maximum absolute atomic E-state index is 14.0. The van der Waals surface area contributed by atoms with Gasteiger partial charge in [-0.15, -0.1) is 0 Å². The van der Waals surface area contributed by atoms with Crippen LogP contribution in [0.25, 0.3) is 10.9 Å². The summed E-state index contributed by atoms with van der Waals surface area (Å²) in [6, 6.07) is 5.15. The number of halogens is 3. The molecule has 2 aliphatic carbocycles. The quantitative estimate of drug-likeness (QED) is 0.0795. The van der Waals surface area contributed by atoms with E-state index in [0.29, 0.717) is 62.9 Å². The summed E-state index contributed by atoms with van der Waals surface area (Å²) >= 11 is 0. The number of benzene rings is 1. The van der Waals surface area contributed by atoms with Crippen LogP contribution in [0.15, 0.2) is 49.1 Å². The summed E-state index contributed by atoms with van der Waals surface area (Å²) in [5, 5.41) is 18.6. The largest absolute Gasteiger partial charge is 0.416 e. The Morgan fingerprint density at radius 2 is 1.62 bits per heavy atom. The fourth-order valence-corrected chi connectivity index (χ4v) is 10.3. The molecule has 19 nitrogen and oxygen atoms in total. The van der Waals surface area contributed by atoms with E-state index in [9.17, 15) is 41.9 Å². The van der Waals surface area contributed by atoms with Gasteiger partial charge in [-0.1, -0.05) is 19.9 Å². The average molecular weight is 1010 g/mol. The van der Waals surface area contributed by atoms with Gasteiger partial charge in [-0.3, -0.25) is 33.8 Å². The van der Waals surface area contributed by atoms with Crippen molar-refractivity contribution in [1.82, 2.24) is 51.3 Å². The third-order valence-electron chi connectivity index (χ3n) is 14.1. The van der Waals surface area contributed by atoms with Gasteiger partial charge in [0.15, 0.2) is 0 Å². The van der Waals surface area contributed by atoms with Crippen LogP contribution < -0.4 is 31.9 Å². The second-order valence-corrected chi connectivity index (χ2v) is 19.7. The predicted molar refractivity (Wildman–Crippen MR) is 258 cm³/mol. The molecule has 0 radical (unpaired) electrons. The van der Waals surface area contributed by atoms with E-state index in [1.165, 1.54) is 12.4 Å². The number of anilines is 1. The maximum atomic E-state index is 14.0. The molecule has 0 bridgehead atoms. The molecule has 1 aromatic carbocycles. The molecule has 6 amide bonds. The number of aromatic nitrogens is 3. The van der Waals surface area contributed by atoms with Crippen LogP contribution in [-0.2, 0) is 44.4 Å². The zero-order chi connectivity index (χ0) is 51.4. The highest BCUT2D eigenvalue weighted by Gasteiger charge is 2.44. The van der Waals surface area contributed by atoms with Crippen molar-refractivity contribution < 1.29 is 51.4 Å². The van der Waals surface area contributed by atoms with Crippen LogP contribution in [0.1, 0.15) is 95.2 Å². The Labute approximate surface area is 417 Å². The van der Waals surface area contributed by atoms with E-state index in [2.05, 4.69) is 60.7 Å². The number of fused-ring (bicyclic) bond motifs is 1. The van der Waals surface area contributed by atoms with Crippen molar-refractivity contribution in [1.29, 1.82) is 0 Å². The number of likely N-dealkylation sites (tertiary alicyclic amines) is 2. The Bertz CT molecular complexity index is 2360. The maximum Gasteiger partial charge on any atom is 0.416 e. The molecule has 2 aromatic heterocycles. The molecule has 4 heterocycles. The summed E-state index contributed by atoms with van der Waals surface area (Å²) in [4.78, 5) is 94.2. The minimum absolute atomic E-state index is 0.0472. The monoisotopic (exact) mass is 1010 g/mol. The first-order valence-electron chi connectivity index (χ1n) is 25.1. The van der Waals surface area contributed by atoms with Gasteiger partial charge in [0, 0.05) is 68.8 Å². The lowest BCUT2D eigenvalue weighted by Crippen LogP contribution is -2.59. The molecule has 4 fully saturated rings. The number of nitrogens with zero attached hydrogens (tertiary/aromatic N) is 5. The van der Waals surface area contributed by atoms with Crippen molar-refractivity contribution in [2.75, 3.05) is 65.0 Å². The molecule has 2 aliphatic heterocycles. The van der Waals surface area contributed by atoms with Crippen molar-refractivity contribution in [3.8, 4) is 0 Å².